The molecule has 3 rings (SSSR count). The molecule has 0 radical (unpaired) electrons. The Labute approximate surface area is 208 Å². The third-order valence-corrected chi connectivity index (χ3v) is 5.29. The summed E-state index contributed by atoms with van der Waals surface area (Å²) in [7, 11) is 0. The second-order valence-corrected chi connectivity index (χ2v) is 7.81. The Morgan fingerprint density at radius 2 is 1.81 bits per heavy atom. The number of hydrogen-bond donors (Lipinski definition) is 2. The lowest BCUT2D eigenvalue weighted by atomic mass is 10.1. The van der Waals surface area contributed by atoms with Gasteiger partial charge in [-0.15, -0.1) is 24.0 Å². The Morgan fingerprint density at radius 1 is 1.09 bits per heavy atom. The highest BCUT2D eigenvalue weighted by atomic mass is 127. The minimum atomic E-state index is 0. The Hall–Kier alpha value is -2.29. The van der Waals surface area contributed by atoms with Gasteiger partial charge in [0.1, 0.15) is 5.75 Å². The number of halogens is 1. The topological polar surface area (TPSA) is 66.0 Å². The Bertz CT molecular complexity index is 817. The van der Waals surface area contributed by atoms with E-state index in [0.717, 1.165) is 50.7 Å². The van der Waals surface area contributed by atoms with Crippen molar-refractivity contribution in [2.75, 3.05) is 39.3 Å². The number of benzene rings is 2. The second kappa shape index (κ2) is 14.7. The zero-order valence-electron chi connectivity index (χ0n) is 18.8. The van der Waals surface area contributed by atoms with Crippen molar-refractivity contribution < 1.29 is 9.53 Å². The SMILES string of the molecule is CCNC(=NCC1CC(=O)N(CCc2ccccc2)C1)NCCCOc1ccccc1.I. The number of para-hydroxylation sites is 1. The molecule has 1 fully saturated rings. The number of carbonyl (C=O) groups excluding carboxylic acids is 1. The average Bonchev–Trinajstić information content (AvgIpc) is 3.16. The lowest BCUT2D eigenvalue weighted by Crippen LogP contribution is -2.38. The van der Waals surface area contributed by atoms with Gasteiger partial charge in [0.25, 0.3) is 0 Å². The van der Waals surface area contributed by atoms with Gasteiger partial charge in [0.05, 0.1) is 6.61 Å². The summed E-state index contributed by atoms with van der Waals surface area (Å²) in [5.41, 5.74) is 1.27. The van der Waals surface area contributed by atoms with E-state index in [9.17, 15) is 4.79 Å². The highest BCUT2D eigenvalue weighted by molar-refractivity contribution is 14.0. The molecule has 6 nitrogen and oxygen atoms in total. The fourth-order valence-corrected chi connectivity index (χ4v) is 3.65. The first-order chi connectivity index (χ1) is 15.2. The van der Waals surface area contributed by atoms with Gasteiger partial charge in [-0.3, -0.25) is 9.79 Å². The predicted molar refractivity (Wildman–Crippen MR) is 141 cm³/mol. The fourth-order valence-electron chi connectivity index (χ4n) is 3.65. The molecular weight excluding hydrogens is 515 g/mol. The zero-order valence-corrected chi connectivity index (χ0v) is 21.2. The standard InChI is InChI=1S/C25H34N4O2.HI/c1-2-26-25(27-15-9-17-31-23-12-7-4-8-13-23)28-19-22-18-24(30)29(20-22)16-14-21-10-5-3-6-11-21;/h3-8,10-13,22H,2,9,14-20H2,1H3,(H2,26,27,28);1H. The lowest BCUT2D eigenvalue weighted by Gasteiger charge is -2.16. The molecule has 1 aliphatic rings. The Balaban J connectivity index is 0.00000363. The number of rotatable bonds is 11. The maximum absolute atomic E-state index is 12.4. The third-order valence-electron chi connectivity index (χ3n) is 5.29. The Kier molecular flexibility index (Phi) is 11.9. The van der Waals surface area contributed by atoms with Crippen molar-refractivity contribution in [1.29, 1.82) is 0 Å². The van der Waals surface area contributed by atoms with Crippen LogP contribution in [0.4, 0.5) is 0 Å². The highest BCUT2D eigenvalue weighted by Crippen LogP contribution is 2.18. The molecule has 7 heteroatoms. The van der Waals surface area contributed by atoms with Crippen LogP contribution in [0.2, 0.25) is 0 Å². The summed E-state index contributed by atoms with van der Waals surface area (Å²) in [4.78, 5) is 19.1. The van der Waals surface area contributed by atoms with Crippen LogP contribution < -0.4 is 15.4 Å². The van der Waals surface area contributed by atoms with E-state index >= 15 is 0 Å². The van der Waals surface area contributed by atoms with Gasteiger partial charge in [-0.2, -0.15) is 0 Å². The molecule has 1 atom stereocenters. The number of carbonyl (C=O) groups is 1. The first-order valence-electron chi connectivity index (χ1n) is 11.3. The summed E-state index contributed by atoms with van der Waals surface area (Å²) in [6.45, 7) is 6.53. The average molecular weight is 550 g/mol. The van der Waals surface area contributed by atoms with Crippen molar-refractivity contribution in [3.05, 3.63) is 66.2 Å². The molecule has 1 amide bonds. The van der Waals surface area contributed by atoms with E-state index in [1.807, 2.05) is 53.4 Å². The lowest BCUT2D eigenvalue weighted by molar-refractivity contribution is -0.127. The van der Waals surface area contributed by atoms with E-state index in [1.165, 1.54) is 5.56 Å². The predicted octanol–water partition coefficient (Wildman–Crippen LogP) is 3.72. The van der Waals surface area contributed by atoms with Gasteiger partial charge in [0, 0.05) is 45.1 Å². The van der Waals surface area contributed by atoms with Crippen molar-refractivity contribution in [2.24, 2.45) is 10.9 Å². The minimum Gasteiger partial charge on any atom is -0.494 e. The van der Waals surface area contributed by atoms with Crippen LogP contribution in [0.5, 0.6) is 5.75 Å². The minimum absolute atomic E-state index is 0. The maximum Gasteiger partial charge on any atom is 0.223 e. The van der Waals surface area contributed by atoms with Crippen molar-refractivity contribution in [3.8, 4) is 5.75 Å². The number of guanidine groups is 1. The van der Waals surface area contributed by atoms with Gasteiger partial charge in [-0.25, -0.2) is 0 Å². The van der Waals surface area contributed by atoms with Crippen LogP contribution in [-0.2, 0) is 11.2 Å². The number of likely N-dealkylation sites (tertiary alicyclic amines) is 1. The molecule has 32 heavy (non-hydrogen) atoms. The van der Waals surface area contributed by atoms with Gasteiger partial charge in [-0.05, 0) is 37.5 Å². The summed E-state index contributed by atoms with van der Waals surface area (Å²) in [5, 5.41) is 6.64. The summed E-state index contributed by atoms with van der Waals surface area (Å²) < 4.78 is 5.72. The molecule has 174 valence electrons. The first-order valence-corrected chi connectivity index (χ1v) is 11.3. The van der Waals surface area contributed by atoms with E-state index < -0.39 is 0 Å². The molecule has 1 aliphatic heterocycles. The number of hydrogen-bond acceptors (Lipinski definition) is 3. The van der Waals surface area contributed by atoms with E-state index in [1.54, 1.807) is 0 Å². The Morgan fingerprint density at radius 3 is 2.53 bits per heavy atom. The number of nitrogens with one attached hydrogen (secondary N) is 2. The van der Waals surface area contributed by atoms with Crippen LogP contribution in [-0.4, -0.2) is 56.1 Å². The van der Waals surface area contributed by atoms with Gasteiger partial charge < -0.3 is 20.3 Å². The van der Waals surface area contributed by atoms with Crippen LogP contribution in [0.25, 0.3) is 0 Å². The van der Waals surface area contributed by atoms with Crippen molar-refractivity contribution in [3.63, 3.8) is 0 Å². The maximum atomic E-state index is 12.4. The second-order valence-electron chi connectivity index (χ2n) is 7.81. The van der Waals surface area contributed by atoms with Crippen molar-refractivity contribution in [1.82, 2.24) is 15.5 Å². The van der Waals surface area contributed by atoms with Gasteiger partial charge >= 0.3 is 0 Å². The smallest absolute Gasteiger partial charge is 0.223 e. The molecule has 2 aromatic rings. The van der Waals surface area contributed by atoms with E-state index in [2.05, 4.69) is 29.7 Å². The quantitative estimate of drug-likeness (QED) is 0.194. The number of amides is 1. The summed E-state index contributed by atoms with van der Waals surface area (Å²) in [5.74, 6) is 2.22. The number of aliphatic imine (C=N–C) groups is 1. The molecule has 1 unspecified atom stereocenters. The van der Waals surface area contributed by atoms with Crippen molar-refractivity contribution in [2.45, 2.75) is 26.2 Å². The largest absolute Gasteiger partial charge is 0.494 e. The van der Waals surface area contributed by atoms with E-state index in [0.29, 0.717) is 19.6 Å². The van der Waals surface area contributed by atoms with Gasteiger partial charge in [-0.1, -0.05) is 48.5 Å². The molecule has 0 spiro atoms. The monoisotopic (exact) mass is 550 g/mol. The third kappa shape index (κ3) is 9.06. The van der Waals surface area contributed by atoms with Gasteiger partial charge in [0.15, 0.2) is 5.96 Å². The summed E-state index contributed by atoms with van der Waals surface area (Å²) in [6, 6.07) is 20.2. The zero-order chi connectivity index (χ0) is 21.7. The van der Waals surface area contributed by atoms with Crippen LogP contribution >= 0.6 is 24.0 Å². The van der Waals surface area contributed by atoms with E-state index in [4.69, 9.17) is 9.73 Å². The molecule has 0 aromatic heterocycles. The fraction of sp³-hybridized carbons (Fsp3) is 0.440. The number of ether oxygens (including phenoxy) is 1. The van der Waals surface area contributed by atoms with E-state index in [-0.39, 0.29) is 35.8 Å². The molecular formula is C25H35IN4O2. The summed E-state index contributed by atoms with van der Waals surface area (Å²) >= 11 is 0. The molecule has 1 heterocycles. The van der Waals surface area contributed by atoms with Crippen LogP contribution in [0.15, 0.2) is 65.7 Å². The highest BCUT2D eigenvalue weighted by Gasteiger charge is 2.28. The van der Waals surface area contributed by atoms with Gasteiger partial charge in [0.2, 0.25) is 5.91 Å². The molecule has 0 bridgehead atoms. The molecule has 1 saturated heterocycles. The molecule has 0 saturated carbocycles. The number of nitrogens with zero attached hydrogens (tertiary/aromatic N) is 2. The first kappa shape index (κ1) is 26.0. The molecule has 2 aromatic carbocycles. The van der Waals surface area contributed by atoms with Crippen LogP contribution in [0, 0.1) is 5.92 Å². The molecule has 2 N–H and O–H groups in total. The van der Waals surface area contributed by atoms with Crippen LogP contribution in [0.3, 0.4) is 0 Å². The summed E-state index contributed by atoms with van der Waals surface area (Å²) in [6.07, 6.45) is 2.37. The van der Waals surface area contributed by atoms with Crippen LogP contribution in [0.1, 0.15) is 25.3 Å². The molecule has 0 aliphatic carbocycles. The van der Waals surface area contributed by atoms with Crippen molar-refractivity contribution >= 4 is 35.8 Å². The normalized spacial score (nSPS) is 15.9.